The number of benzene rings is 1. The molecule has 0 aromatic heterocycles. The van der Waals surface area contributed by atoms with Crippen LogP contribution in [0.1, 0.15) is 25.8 Å². The summed E-state index contributed by atoms with van der Waals surface area (Å²) < 4.78 is 12.6. The molecule has 0 saturated heterocycles. The number of carbonyl (C=O) groups excluding carboxylic acids is 1. The van der Waals surface area contributed by atoms with Crippen LogP contribution < -0.4 is 10.6 Å². The molecule has 0 aliphatic rings. The van der Waals surface area contributed by atoms with E-state index in [4.69, 9.17) is 0 Å². The average Bonchev–Trinajstić information content (AvgIpc) is 2.31. The van der Waals surface area contributed by atoms with Crippen molar-refractivity contribution in [2.24, 2.45) is 5.92 Å². The van der Waals surface area contributed by atoms with Crippen molar-refractivity contribution in [1.29, 1.82) is 0 Å². The molecule has 0 fully saturated rings. The van der Waals surface area contributed by atoms with E-state index in [1.165, 1.54) is 18.3 Å². The van der Waals surface area contributed by atoms with Crippen molar-refractivity contribution in [2.75, 3.05) is 6.54 Å². The van der Waals surface area contributed by atoms with Gasteiger partial charge in [-0.1, -0.05) is 26.0 Å². The molecule has 3 nitrogen and oxygen atoms in total. The SMILES string of the molecule is CC(C)CCNC(=O)N/C=C/c1ccc(F)cc1. The maximum atomic E-state index is 12.6. The molecule has 0 saturated carbocycles. The molecule has 0 aliphatic heterocycles. The summed E-state index contributed by atoms with van der Waals surface area (Å²) in [4.78, 5) is 11.3. The minimum Gasteiger partial charge on any atom is -0.338 e. The van der Waals surface area contributed by atoms with Crippen molar-refractivity contribution in [2.45, 2.75) is 20.3 Å². The molecule has 1 aromatic carbocycles. The fraction of sp³-hybridized carbons (Fsp3) is 0.357. The third-order valence-corrected chi connectivity index (χ3v) is 2.37. The number of rotatable bonds is 5. The van der Waals surface area contributed by atoms with E-state index >= 15 is 0 Å². The summed E-state index contributed by atoms with van der Waals surface area (Å²) in [6, 6.07) is 5.81. The van der Waals surface area contributed by atoms with Gasteiger partial charge < -0.3 is 10.6 Å². The molecule has 4 heteroatoms. The van der Waals surface area contributed by atoms with Crippen molar-refractivity contribution in [3.05, 3.63) is 41.8 Å². The van der Waals surface area contributed by atoms with E-state index in [0.717, 1.165) is 12.0 Å². The fourth-order valence-electron chi connectivity index (χ4n) is 1.31. The quantitative estimate of drug-likeness (QED) is 0.828. The number of urea groups is 1. The van der Waals surface area contributed by atoms with Gasteiger partial charge in [-0.05, 0) is 36.1 Å². The van der Waals surface area contributed by atoms with Gasteiger partial charge in [-0.25, -0.2) is 9.18 Å². The summed E-state index contributed by atoms with van der Waals surface area (Å²) in [6.07, 6.45) is 4.20. The highest BCUT2D eigenvalue weighted by Crippen LogP contribution is 2.03. The van der Waals surface area contributed by atoms with E-state index in [2.05, 4.69) is 24.5 Å². The number of hydrogen-bond acceptors (Lipinski definition) is 1. The second-order valence-electron chi connectivity index (χ2n) is 4.47. The van der Waals surface area contributed by atoms with Gasteiger partial charge in [-0.15, -0.1) is 0 Å². The molecule has 0 bridgehead atoms. The standard InChI is InChI=1S/C14H19FN2O/c1-11(2)7-9-16-14(18)17-10-8-12-3-5-13(15)6-4-12/h3-6,8,10-11H,7,9H2,1-2H3,(H2,16,17,18)/b10-8+. The molecule has 1 rings (SSSR count). The zero-order chi connectivity index (χ0) is 13.4. The summed E-state index contributed by atoms with van der Waals surface area (Å²) in [5, 5.41) is 5.34. The van der Waals surface area contributed by atoms with Crippen LogP contribution in [0.15, 0.2) is 30.5 Å². The average molecular weight is 250 g/mol. The molecule has 0 aliphatic carbocycles. The number of amides is 2. The Bertz CT molecular complexity index is 399. The molecule has 2 amide bonds. The zero-order valence-corrected chi connectivity index (χ0v) is 10.7. The normalized spacial score (nSPS) is 10.9. The predicted octanol–water partition coefficient (Wildman–Crippen LogP) is 3.14. The highest BCUT2D eigenvalue weighted by Gasteiger charge is 1.97. The van der Waals surface area contributed by atoms with Gasteiger partial charge in [0.05, 0.1) is 0 Å². The molecule has 1 aromatic rings. The summed E-state index contributed by atoms with van der Waals surface area (Å²) in [7, 11) is 0. The lowest BCUT2D eigenvalue weighted by atomic mass is 10.1. The first-order valence-corrected chi connectivity index (χ1v) is 6.04. The van der Waals surface area contributed by atoms with Gasteiger partial charge in [0.15, 0.2) is 0 Å². The van der Waals surface area contributed by atoms with Gasteiger partial charge in [0.25, 0.3) is 0 Å². The molecule has 0 heterocycles. The van der Waals surface area contributed by atoms with Crippen LogP contribution in [-0.4, -0.2) is 12.6 Å². The van der Waals surface area contributed by atoms with E-state index in [1.807, 2.05) is 0 Å². The van der Waals surface area contributed by atoms with E-state index in [9.17, 15) is 9.18 Å². The Morgan fingerprint density at radius 1 is 1.33 bits per heavy atom. The first-order valence-electron chi connectivity index (χ1n) is 6.04. The van der Waals surface area contributed by atoms with Gasteiger partial charge in [-0.2, -0.15) is 0 Å². The molecule has 2 N–H and O–H groups in total. The van der Waals surface area contributed by atoms with Crippen LogP contribution in [0, 0.1) is 11.7 Å². The van der Waals surface area contributed by atoms with Crippen LogP contribution in [0.25, 0.3) is 6.08 Å². The van der Waals surface area contributed by atoms with Gasteiger partial charge >= 0.3 is 6.03 Å². The van der Waals surface area contributed by atoms with Crippen LogP contribution in [0.3, 0.4) is 0 Å². The van der Waals surface area contributed by atoms with Gasteiger partial charge in [0.2, 0.25) is 0 Å². The van der Waals surface area contributed by atoms with Crippen LogP contribution >= 0.6 is 0 Å². The third-order valence-electron chi connectivity index (χ3n) is 2.37. The van der Waals surface area contributed by atoms with Crippen molar-refractivity contribution >= 4 is 12.1 Å². The third kappa shape index (κ3) is 6.03. The Hall–Kier alpha value is -1.84. The molecular weight excluding hydrogens is 231 g/mol. The summed E-state index contributed by atoms with van der Waals surface area (Å²) in [6.45, 7) is 4.87. The maximum Gasteiger partial charge on any atom is 0.318 e. The Morgan fingerprint density at radius 2 is 2.00 bits per heavy atom. The minimum absolute atomic E-state index is 0.228. The molecule has 98 valence electrons. The second kappa shape index (κ2) is 7.48. The summed E-state index contributed by atoms with van der Waals surface area (Å²) >= 11 is 0. The summed E-state index contributed by atoms with van der Waals surface area (Å²) in [5.74, 6) is 0.298. The van der Waals surface area contributed by atoms with E-state index in [1.54, 1.807) is 18.2 Å². The van der Waals surface area contributed by atoms with Gasteiger partial charge in [0.1, 0.15) is 5.82 Å². The fourth-order valence-corrected chi connectivity index (χ4v) is 1.31. The zero-order valence-electron chi connectivity index (χ0n) is 10.7. The van der Waals surface area contributed by atoms with Crippen LogP contribution in [0.2, 0.25) is 0 Å². The number of hydrogen-bond donors (Lipinski definition) is 2. The Kier molecular flexibility index (Phi) is 5.91. The maximum absolute atomic E-state index is 12.6. The Morgan fingerprint density at radius 3 is 2.61 bits per heavy atom. The molecule has 0 unspecified atom stereocenters. The first kappa shape index (κ1) is 14.2. The van der Waals surface area contributed by atoms with Crippen LogP contribution in [0.5, 0.6) is 0 Å². The summed E-state index contributed by atoms with van der Waals surface area (Å²) in [5.41, 5.74) is 0.832. The lowest BCUT2D eigenvalue weighted by molar-refractivity contribution is 0.243. The lowest BCUT2D eigenvalue weighted by Crippen LogP contribution is -2.33. The first-order chi connectivity index (χ1) is 8.58. The largest absolute Gasteiger partial charge is 0.338 e. The molecular formula is C14H19FN2O. The molecule has 0 atom stereocenters. The van der Waals surface area contributed by atoms with Crippen molar-refractivity contribution in [1.82, 2.24) is 10.6 Å². The van der Waals surface area contributed by atoms with E-state index in [-0.39, 0.29) is 11.8 Å². The molecule has 18 heavy (non-hydrogen) atoms. The smallest absolute Gasteiger partial charge is 0.318 e. The second-order valence-corrected chi connectivity index (χ2v) is 4.47. The number of carbonyl (C=O) groups is 1. The Labute approximate surface area is 107 Å². The van der Waals surface area contributed by atoms with E-state index < -0.39 is 0 Å². The van der Waals surface area contributed by atoms with Crippen LogP contribution in [0.4, 0.5) is 9.18 Å². The monoisotopic (exact) mass is 250 g/mol. The minimum atomic E-state index is -0.272. The molecule has 0 spiro atoms. The van der Waals surface area contributed by atoms with Crippen molar-refractivity contribution in [3.8, 4) is 0 Å². The number of nitrogens with one attached hydrogen (secondary N) is 2. The highest BCUT2D eigenvalue weighted by atomic mass is 19.1. The van der Waals surface area contributed by atoms with Crippen LogP contribution in [-0.2, 0) is 0 Å². The Balaban J connectivity index is 2.27. The molecule has 0 radical (unpaired) electrons. The van der Waals surface area contributed by atoms with Gasteiger partial charge in [-0.3, -0.25) is 0 Å². The van der Waals surface area contributed by atoms with E-state index in [0.29, 0.717) is 12.5 Å². The number of halogens is 1. The predicted molar refractivity (Wildman–Crippen MR) is 71.4 cm³/mol. The van der Waals surface area contributed by atoms with Crippen molar-refractivity contribution < 1.29 is 9.18 Å². The lowest BCUT2D eigenvalue weighted by Gasteiger charge is -2.06. The highest BCUT2D eigenvalue weighted by molar-refractivity contribution is 5.75. The topological polar surface area (TPSA) is 41.1 Å². The van der Waals surface area contributed by atoms with Gasteiger partial charge in [0, 0.05) is 12.7 Å². The van der Waals surface area contributed by atoms with Crippen molar-refractivity contribution in [3.63, 3.8) is 0 Å².